The van der Waals surface area contributed by atoms with E-state index in [1.807, 2.05) is 24.3 Å². The molecule has 12 aromatic rings. The maximum Gasteiger partial charge on any atom is 0.139 e. The molecule has 0 unspecified atom stereocenters. The minimum absolute atomic E-state index is 0.788. The monoisotopic (exact) mass is 666 g/mol. The van der Waals surface area contributed by atoms with Crippen LogP contribution in [0.4, 0.5) is 0 Å². The Morgan fingerprint density at radius 1 is 0.192 bits per heavy atom. The van der Waals surface area contributed by atoms with Gasteiger partial charge in [-0.25, -0.2) is 0 Å². The van der Waals surface area contributed by atoms with Crippen LogP contribution in [0, 0.1) is 0 Å². The fourth-order valence-electron chi connectivity index (χ4n) is 8.07. The molecule has 0 saturated carbocycles. The van der Waals surface area contributed by atoms with Crippen molar-refractivity contribution in [3.8, 4) is 33.4 Å². The minimum atomic E-state index is 0.788. The van der Waals surface area contributed by atoms with Gasteiger partial charge in [-0.1, -0.05) is 84.9 Å². The Kier molecular flexibility index (Phi) is 5.47. The summed E-state index contributed by atoms with van der Waals surface area (Å²) < 4.78 is 25.4. The molecule has 4 nitrogen and oxygen atoms in total. The fourth-order valence-corrected chi connectivity index (χ4v) is 8.07. The van der Waals surface area contributed by atoms with Gasteiger partial charge >= 0.3 is 0 Å². The van der Waals surface area contributed by atoms with E-state index < -0.39 is 0 Å². The molecule has 0 spiro atoms. The largest absolute Gasteiger partial charge is 0.456 e. The van der Waals surface area contributed by atoms with Crippen LogP contribution in [-0.2, 0) is 0 Å². The molecule has 242 valence electrons. The van der Waals surface area contributed by atoms with Crippen LogP contribution in [0.15, 0.2) is 175 Å². The minimum Gasteiger partial charge on any atom is -0.456 e. The molecule has 0 fully saturated rings. The standard InChI is InChI=1S/C48H26O4/c1-3-7-27(8-4-1)29-11-15-41-33(19-29)34-21-31(13-17-42(34)49-41)32-14-18-44-36(22-32)38-24-40-39-23-37-35-20-30(28-9-5-2-6-10-28)12-16-43(35)50-45(37)25-47(39)52-48(40)26-46(38)51-44/h1-26H. The molecule has 0 radical (unpaired) electrons. The SMILES string of the molecule is c1ccc(-c2ccc3oc4ccc(-c5ccc6oc7cc8oc9cc%10oc%11ccc(-c%12ccccc%12)cc%11c%10cc9c8cc7c6c5)cc4c3c2)cc1. The summed E-state index contributed by atoms with van der Waals surface area (Å²) >= 11 is 0. The number of hydrogen-bond donors (Lipinski definition) is 0. The lowest BCUT2D eigenvalue weighted by Gasteiger charge is -2.03. The van der Waals surface area contributed by atoms with Gasteiger partial charge in [0.2, 0.25) is 0 Å². The third-order valence-corrected chi connectivity index (χ3v) is 10.7. The van der Waals surface area contributed by atoms with E-state index in [0.717, 1.165) is 104 Å². The van der Waals surface area contributed by atoms with Crippen molar-refractivity contribution >= 4 is 87.8 Å². The van der Waals surface area contributed by atoms with Crippen LogP contribution in [-0.4, -0.2) is 0 Å². The molecule has 4 heterocycles. The topological polar surface area (TPSA) is 52.6 Å². The second-order valence-electron chi connectivity index (χ2n) is 13.7. The van der Waals surface area contributed by atoms with Crippen LogP contribution < -0.4 is 0 Å². The highest BCUT2D eigenvalue weighted by molar-refractivity contribution is 6.19. The average Bonchev–Trinajstić information content (AvgIpc) is 3.95. The Bertz CT molecular complexity index is 3390. The summed E-state index contributed by atoms with van der Waals surface area (Å²) in [5.41, 5.74) is 13.6. The average molecular weight is 667 g/mol. The van der Waals surface area contributed by atoms with Gasteiger partial charge in [-0.15, -0.1) is 0 Å². The molecule has 8 aromatic carbocycles. The molecule has 52 heavy (non-hydrogen) atoms. The van der Waals surface area contributed by atoms with Crippen LogP contribution in [0.25, 0.3) is 121 Å². The Balaban J connectivity index is 1.01. The van der Waals surface area contributed by atoms with Gasteiger partial charge in [-0.2, -0.15) is 0 Å². The lowest BCUT2D eigenvalue weighted by Crippen LogP contribution is -1.79. The van der Waals surface area contributed by atoms with Gasteiger partial charge in [0.05, 0.1) is 0 Å². The van der Waals surface area contributed by atoms with Crippen molar-refractivity contribution in [3.05, 3.63) is 158 Å². The quantitative estimate of drug-likeness (QED) is 0.188. The van der Waals surface area contributed by atoms with Crippen LogP contribution in [0.2, 0.25) is 0 Å². The highest BCUT2D eigenvalue weighted by atomic mass is 16.4. The molecule has 0 aliphatic carbocycles. The fraction of sp³-hybridized carbons (Fsp3) is 0. The number of furan rings is 4. The molecule has 0 aliphatic heterocycles. The van der Waals surface area contributed by atoms with E-state index in [4.69, 9.17) is 17.7 Å². The molecule has 4 aromatic heterocycles. The van der Waals surface area contributed by atoms with Crippen molar-refractivity contribution in [2.45, 2.75) is 0 Å². The van der Waals surface area contributed by atoms with Gasteiger partial charge in [0.25, 0.3) is 0 Å². The summed E-state index contributed by atoms with van der Waals surface area (Å²) in [7, 11) is 0. The second kappa shape index (κ2) is 10.3. The Hall–Kier alpha value is -7.04. The zero-order chi connectivity index (χ0) is 33.9. The molecule has 0 atom stereocenters. The van der Waals surface area contributed by atoms with Crippen molar-refractivity contribution in [2.75, 3.05) is 0 Å². The van der Waals surface area contributed by atoms with Crippen molar-refractivity contribution in [2.24, 2.45) is 0 Å². The maximum absolute atomic E-state index is 6.42. The summed E-state index contributed by atoms with van der Waals surface area (Å²) in [4.78, 5) is 0. The first kappa shape index (κ1) is 27.7. The summed E-state index contributed by atoms with van der Waals surface area (Å²) in [5, 5.41) is 8.58. The van der Waals surface area contributed by atoms with Crippen LogP contribution in [0.1, 0.15) is 0 Å². The molecule has 0 amide bonds. The molecule has 0 aliphatic rings. The van der Waals surface area contributed by atoms with Crippen molar-refractivity contribution in [1.82, 2.24) is 0 Å². The lowest BCUT2D eigenvalue weighted by molar-refractivity contribution is 0.651. The van der Waals surface area contributed by atoms with E-state index in [-0.39, 0.29) is 0 Å². The number of fused-ring (bicyclic) bond motifs is 12. The third kappa shape index (κ3) is 4.03. The third-order valence-electron chi connectivity index (χ3n) is 10.7. The van der Waals surface area contributed by atoms with Crippen LogP contribution in [0.3, 0.4) is 0 Å². The number of rotatable bonds is 3. The van der Waals surface area contributed by atoms with E-state index in [1.165, 1.54) is 16.7 Å². The van der Waals surface area contributed by atoms with Crippen LogP contribution in [0.5, 0.6) is 0 Å². The zero-order valence-corrected chi connectivity index (χ0v) is 27.6. The van der Waals surface area contributed by atoms with Gasteiger partial charge in [-0.3, -0.25) is 0 Å². The van der Waals surface area contributed by atoms with Gasteiger partial charge < -0.3 is 17.7 Å². The first-order valence-electron chi connectivity index (χ1n) is 17.5. The smallest absolute Gasteiger partial charge is 0.139 e. The van der Waals surface area contributed by atoms with E-state index >= 15 is 0 Å². The van der Waals surface area contributed by atoms with Gasteiger partial charge in [0, 0.05) is 55.2 Å². The predicted octanol–water partition coefficient (Wildman–Crippen LogP) is 14.3. The van der Waals surface area contributed by atoms with E-state index in [0.29, 0.717) is 0 Å². The van der Waals surface area contributed by atoms with E-state index in [1.54, 1.807) is 0 Å². The number of benzene rings is 8. The summed E-state index contributed by atoms with van der Waals surface area (Å²) in [6, 6.07) is 55.1. The molecule has 0 saturated heterocycles. The summed E-state index contributed by atoms with van der Waals surface area (Å²) in [6.45, 7) is 0. The first-order valence-corrected chi connectivity index (χ1v) is 17.5. The maximum atomic E-state index is 6.42. The van der Waals surface area contributed by atoms with Crippen molar-refractivity contribution < 1.29 is 17.7 Å². The molecule has 0 N–H and O–H groups in total. The van der Waals surface area contributed by atoms with Gasteiger partial charge in [0.15, 0.2) is 0 Å². The van der Waals surface area contributed by atoms with E-state index in [9.17, 15) is 0 Å². The Labute approximate surface area is 295 Å². The predicted molar refractivity (Wildman–Crippen MR) is 212 cm³/mol. The van der Waals surface area contributed by atoms with Crippen molar-refractivity contribution in [1.29, 1.82) is 0 Å². The number of hydrogen-bond acceptors (Lipinski definition) is 4. The summed E-state index contributed by atoms with van der Waals surface area (Å²) in [6.07, 6.45) is 0. The Morgan fingerprint density at radius 3 is 0.808 bits per heavy atom. The Morgan fingerprint density at radius 2 is 0.462 bits per heavy atom. The lowest BCUT2D eigenvalue weighted by atomic mass is 9.99. The zero-order valence-electron chi connectivity index (χ0n) is 27.6. The van der Waals surface area contributed by atoms with Gasteiger partial charge in [0.1, 0.15) is 44.7 Å². The first-order chi connectivity index (χ1) is 25.7. The molecular formula is C48H26O4. The molecule has 0 bridgehead atoms. The normalized spacial score (nSPS) is 12.2. The second-order valence-corrected chi connectivity index (χ2v) is 13.7. The van der Waals surface area contributed by atoms with Crippen molar-refractivity contribution in [3.63, 3.8) is 0 Å². The summed E-state index contributed by atoms with van der Waals surface area (Å²) in [5.74, 6) is 0. The van der Waals surface area contributed by atoms with E-state index in [2.05, 4.69) is 133 Å². The molecular weight excluding hydrogens is 641 g/mol. The molecule has 4 heteroatoms. The van der Waals surface area contributed by atoms with Gasteiger partial charge in [-0.05, 0) is 94.0 Å². The van der Waals surface area contributed by atoms with Crippen LogP contribution >= 0.6 is 0 Å². The highest BCUT2D eigenvalue weighted by Gasteiger charge is 2.18. The molecule has 12 rings (SSSR count). The highest BCUT2D eigenvalue weighted by Crippen LogP contribution is 2.42.